The van der Waals surface area contributed by atoms with Crippen LogP contribution in [0.25, 0.3) is 5.69 Å². The molecule has 17 heavy (non-hydrogen) atoms. The molecule has 1 amide bonds. The van der Waals surface area contributed by atoms with Crippen molar-refractivity contribution in [3.8, 4) is 5.69 Å². The molecule has 2 heterocycles. The third-order valence-corrected chi connectivity index (χ3v) is 3.00. The van der Waals surface area contributed by atoms with Crippen LogP contribution >= 0.6 is 11.3 Å². The van der Waals surface area contributed by atoms with Crippen LogP contribution in [-0.2, 0) is 0 Å². The van der Waals surface area contributed by atoms with Gasteiger partial charge in [-0.15, -0.1) is 16.4 Å². The lowest BCUT2D eigenvalue weighted by atomic mass is 10.3. The molecule has 0 aliphatic rings. The molecule has 2 aromatic heterocycles. The number of rotatable bonds is 4. The fourth-order valence-corrected chi connectivity index (χ4v) is 2.04. The Bertz CT molecular complexity index is 495. The van der Waals surface area contributed by atoms with Gasteiger partial charge in [0.25, 0.3) is 5.91 Å². The number of nitrogens with one attached hydrogen (secondary N) is 1. The molecule has 0 radical (unpaired) electrons. The molecular weight excluding hydrogens is 242 g/mol. The number of amides is 1. The summed E-state index contributed by atoms with van der Waals surface area (Å²) in [4.78, 5) is 12.4. The van der Waals surface area contributed by atoms with E-state index in [9.17, 15) is 4.79 Å². The predicted molar refractivity (Wildman–Crippen MR) is 61.0 cm³/mol. The number of tetrazole rings is 1. The van der Waals surface area contributed by atoms with E-state index < -0.39 is 0 Å². The van der Waals surface area contributed by atoms with E-state index in [1.807, 2.05) is 0 Å². The van der Waals surface area contributed by atoms with E-state index in [4.69, 9.17) is 5.11 Å². The lowest BCUT2D eigenvalue weighted by Gasteiger charge is -2.10. The first-order valence-corrected chi connectivity index (χ1v) is 5.83. The Kier molecular flexibility index (Phi) is 3.45. The van der Waals surface area contributed by atoms with Crippen molar-refractivity contribution in [1.82, 2.24) is 25.5 Å². The van der Waals surface area contributed by atoms with Gasteiger partial charge in [-0.3, -0.25) is 4.79 Å². The second-order valence-electron chi connectivity index (χ2n) is 3.45. The van der Waals surface area contributed by atoms with Crippen LogP contribution in [0.2, 0.25) is 0 Å². The van der Waals surface area contributed by atoms with E-state index in [0.29, 0.717) is 10.6 Å². The highest BCUT2D eigenvalue weighted by Gasteiger charge is 2.16. The van der Waals surface area contributed by atoms with Crippen LogP contribution < -0.4 is 5.32 Å². The van der Waals surface area contributed by atoms with Gasteiger partial charge in [0.05, 0.1) is 12.3 Å². The zero-order valence-electron chi connectivity index (χ0n) is 9.07. The minimum atomic E-state index is -0.286. The maximum Gasteiger partial charge on any atom is 0.263 e. The number of thiophene rings is 1. The normalized spacial score (nSPS) is 12.4. The Morgan fingerprint density at radius 1 is 1.71 bits per heavy atom. The van der Waals surface area contributed by atoms with Gasteiger partial charge in [0.1, 0.15) is 11.2 Å². The smallest absolute Gasteiger partial charge is 0.263 e. The predicted octanol–water partition coefficient (Wildman–Crippen LogP) is -0.166. The molecule has 0 aliphatic carbocycles. The van der Waals surface area contributed by atoms with Crippen LogP contribution in [-0.4, -0.2) is 43.9 Å². The second kappa shape index (κ2) is 5.02. The van der Waals surface area contributed by atoms with Crippen LogP contribution in [0.4, 0.5) is 0 Å². The van der Waals surface area contributed by atoms with Crippen molar-refractivity contribution < 1.29 is 9.90 Å². The second-order valence-corrected chi connectivity index (χ2v) is 4.36. The standard InChI is InChI=1S/C9H11N5O2S/c1-6(4-15)11-9(16)8-7(2-3-17-8)14-5-10-12-13-14/h2-3,5-6,15H,4H2,1H3,(H,11,16)/t6-/m1/s1. The van der Waals surface area contributed by atoms with Crippen LogP contribution in [0.5, 0.6) is 0 Å². The molecule has 2 aromatic rings. The molecule has 0 aromatic carbocycles. The highest BCUT2D eigenvalue weighted by atomic mass is 32.1. The summed E-state index contributed by atoms with van der Waals surface area (Å²) in [6.07, 6.45) is 1.42. The average Bonchev–Trinajstić information content (AvgIpc) is 2.98. The van der Waals surface area contributed by atoms with Gasteiger partial charge >= 0.3 is 0 Å². The molecule has 0 fully saturated rings. The Morgan fingerprint density at radius 2 is 2.53 bits per heavy atom. The summed E-state index contributed by atoms with van der Waals surface area (Å²) >= 11 is 1.30. The number of carbonyl (C=O) groups excluding carboxylic acids is 1. The maximum atomic E-state index is 11.9. The SMILES string of the molecule is C[C@H](CO)NC(=O)c1sccc1-n1cnnn1. The number of aliphatic hydroxyl groups is 1. The molecular formula is C9H11N5O2S. The molecule has 7 nitrogen and oxygen atoms in total. The molecule has 0 saturated carbocycles. The summed E-state index contributed by atoms with van der Waals surface area (Å²) < 4.78 is 1.43. The van der Waals surface area contributed by atoms with Crippen LogP contribution in [0.1, 0.15) is 16.6 Å². The Hall–Kier alpha value is -1.80. The van der Waals surface area contributed by atoms with Crippen molar-refractivity contribution >= 4 is 17.2 Å². The maximum absolute atomic E-state index is 11.9. The molecule has 0 aliphatic heterocycles. The van der Waals surface area contributed by atoms with Crippen LogP contribution in [0.3, 0.4) is 0 Å². The summed E-state index contributed by atoms with van der Waals surface area (Å²) in [5.74, 6) is -0.243. The molecule has 90 valence electrons. The van der Waals surface area contributed by atoms with Gasteiger partial charge in [0, 0.05) is 6.04 Å². The summed E-state index contributed by atoms with van der Waals surface area (Å²) in [5.41, 5.74) is 0.627. The fraction of sp³-hybridized carbons (Fsp3) is 0.333. The van der Waals surface area contributed by atoms with E-state index in [0.717, 1.165) is 0 Å². The van der Waals surface area contributed by atoms with Crippen molar-refractivity contribution in [2.45, 2.75) is 13.0 Å². The van der Waals surface area contributed by atoms with Gasteiger partial charge in [-0.1, -0.05) is 0 Å². The fourth-order valence-electron chi connectivity index (χ4n) is 1.26. The topological polar surface area (TPSA) is 92.9 Å². The highest BCUT2D eigenvalue weighted by Crippen LogP contribution is 2.19. The number of hydrogen-bond donors (Lipinski definition) is 2. The monoisotopic (exact) mass is 253 g/mol. The van der Waals surface area contributed by atoms with E-state index in [1.165, 1.54) is 22.3 Å². The first kappa shape index (κ1) is 11.7. The first-order valence-electron chi connectivity index (χ1n) is 4.95. The third kappa shape index (κ3) is 2.48. The minimum Gasteiger partial charge on any atom is -0.394 e. The first-order chi connectivity index (χ1) is 8.22. The van der Waals surface area contributed by atoms with E-state index in [1.54, 1.807) is 18.4 Å². The summed E-state index contributed by atoms with van der Waals surface area (Å²) in [6.45, 7) is 1.62. The Labute approximate surface area is 101 Å². The Balaban J connectivity index is 2.22. The molecule has 0 saturated heterocycles. The van der Waals surface area contributed by atoms with Crippen LogP contribution in [0.15, 0.2) is 17.8 Å². The summed E-state index contributed by atoms with van der Waals surface area (Å²) in [5, 5.41) is 24.1. The zero-order chi connectivity index (χ0) is 12.3. The number of aromatic nitrogens is 4. The molecule has 8 heteroatoms. The lowest BCUT2D eigenvalue weighted by molar-refractivity contribution is 0.0926. The Morgan fingerprint density at radius 3 is 3.18 bits per heavy atom. The van der Waals surface area contributed by atoms with Crippen molar-refractivity contribution in [1.29, 1.82) is 0 Å². The molecule has 2 N–H and O–H groups in total. The largest absolute Gasteiger partial charge is 0.394 e. The van der Waals surface area contributed by atoms with Crippen molar-refractivity contribution in [3.05, 3.63) is 22.7 Å². The minimum absolute atomic E-state index is 0.0999. The summed E-state index contributed by atoms with van der Waals surface area (Å²) in [6, 6.07) is 1.48. The molecule has 1 atom stereocenters. The third-order valence-electron chi connectivity index (χ3n) is 2.10. The quantitative estimate of drug-likeness (QED) is 0.789. The molecule has 0 bridgehead atoms. The lowest BCUT2D eigenvalue weighted by Crippen LogP contribution is -2.35. The molecule has 0 spiro atoms. The van der Waals surface area contributed by atoms with Gasteiger partial charge in [-0.2, -0.15) is 4.68 Å². The summed E-state index contributed by atoms with van der Waals surface area (Å²) in [7, 11) is 0. The molecule has 2 rings (SSSR count). The van der Waals surface area contributed by atoms with Gasteiger partial charge in [-0.05, 0) is 28.8 Å². The van der Waals surface area contributed by atoms with E-state index in [-0.39, 0.29) is 18.6 Å². The molecule has 0 unspecified atom stereocenters. The van der Waals surface area contributed by atoms with Gasteiger partial charge < -0.3 is 10.4 Å². The van der Waals surface area contributed by atoms with Gasteiger partial charge in [-0.25, -0.2) is 0 Å². The van der Waals surface area contributed by atoms with Crippen molar-refractivity contribution in [2.24, 2.45) is 0 Å². The van der Waals surface area contributed by atoms with Crippen molar-refractivity contribution in [2.75, 3.05) is 6.61 Å². The number of carbonyl (C=O) groups is 1. The zero-order valence-corrected chi connectivity index (χ0v) is 9.89. The van der Waals surface area contributed by atoms with Gasteiger partial charge in [0.15, 0.2) is 0 Å². The average molecular weight is 253 g/mol. The van der Waals surface area contributed by atoms with Gasteiger partial charge in [0.2, 0.25) is 0 Å². The highest BCUT2D eigenvalue weighted by molar-refractivity contribution is 7.12. The van der Waals surface area contributed by atoms with E-state index in [2.05, 4.69) is 20.8 Å². The van der Waals surface area contributed by atoms with Crippen molar-refractivity contribution in [3.63, 3.8) is 0 Å². The number of nitrogens with zero attached hydrogens (tertiary/aromatic N) is 4. The van der Waals surface area contributed by atoms with E-state index >= 15 is 0 Å². The number of aliphatic hydroxyl groups excluding tert-OH is 1. The number of hydrogen-bond acceptors (Lipinski definition) is 6. The van der Waals surface area contributed by atoms with Crippen LogP contribution in [0, 0.1) is 0 Å².